The first-order valence-corrected chi connectivity index (χ1v) is 13.2. The molecule has 1 aliphatic rings. The van der Waals surface area contributed by atoms with E-state index in [1.807, 2.05) is 18.2 Å². The van der Waals surface area contributed by atoms with E-state index >= 15 is 0 Å². The number of ether oxygens (including phenoxy) is 1. The largest absolute Gasteiger partial charge is 0.463 e. The number of esters is 1. The van der Waals surface area contributed by atoms with Crippen LogP contribution in [0.2, 0.25) is 0 Å². The smallest absolute Gasteiger partial charge is 0.416 e. The van der Waals surface area contributed by atoms with Crippen molar-refractivity contribution in [3.05, 3.63) is 112 Å². The number of hydrogen-bond acceptors (Lipinski definition) is 5. The highest BCUT2D eigenvalue weighted by Crippen LogP contribution is 2.39. The van der Waals surface area contributed by atoms with Crippen molar-refractivity contribution in [2.75, 3.05) is 13.2 Å². The van der Waals surface area contributed by atoms with Gasteiger partial charge in [-0.1, -0.05) is 30.3 Å². The van der Waals surface area contributed by atoms with E-state index in [0.717, 1.165) is 17.8 Å². The van der Waals surface area contributed by atoms with E-state index in [1.54, 1.807) is 44.3 Å². The molecule has 10 heteroatoms. The van der Waals surface area contributed by atoms with Crippen LogP contribution in [0.15, 0.2) is 84.2 Å². The zero-order valence-corrected chi connectivity index (χ0v) is 22.7. The Morgan fingerprint density at radius 3 is 2.49 bits per heavy atom. The first kappa shape index (κ1) is 29.5. The number of nitrogens with one attached hydrogen (secondary N) is 1. The molecule has 41 heavy (non-hydrogen) atoms. The minimum absolute atomic E-state index is 0.0980. The second-order valence-electron chi connectivity index (χ2n) is 9.60. The summed E-state index contributed by atoms with van der Waals surface area (Å²) < 4.78 is 44.5. The van der Waals surface area contributed by atoms with Crippen LogP contribution in [0.4, 0.5) is 13.2 Å². The lowest BCUT2D eigenvalue weighted by molar-refractivity contribution is -0.140. The predicted octanol–water partition coefficient (Wildman–Crippen LogP) is 5.43. The number of pyridine rings is 1. The highest BCUT2D eigenvalue weighted by Gasteiger charge is 2.37. The number of alkyl halides is 3. The van der Waals surface area contributed by atoms with Gasteiger partial charge in [-0.25, -0.2) is 4.79 Å². The molecule has 1 aromatic heterocycles. The zero-order chi connectivity index (χ0) is 29.6. The van der Waals surface area contributed by atoms with Crippen molar-refractivity contribution in [2.45, 2.75) is 45.3 Å². The molecule has 3 aromatic rings. The normalized spacial score (nSPS) is 15.6. The van der Waals surface area contributed by atoms with Crippen LogP contribution in [0.5, 0.6) is 0 Å². The van der Waals surface area contributed by atoms with Crippen LogP contribution >= 0.6 is 0 Å². The number of rotatable bonds is 9. The lowest BCUT2D eigenvalue weighted by atomic mass is 9.83. The second kappa shape index (κ2) is 12.8. The molecule has 2 aromatic carbocycles. The van der Waals surface area contributed by atoms with Crippen molar-refractivity contribution < 1.29 is 32.3 Å². The Balaban J connectivity index is 1.54. The minimum Gasteiger partial charge on any atom is -0.463 e. The van der Waals surface area contributed by atoms with Crippen LogP contribution in [0.3, 0.4) is 0 Å². The third-order valence-electron chi connectivity index (χ3n) is 6.88. The van der Waals surface area contributed by atoms with Gasteiger partial charge in [0.15, 0.2) is 0 Å². The van der Waals surface area contributed by atoms with Crippen LogP contribution < -0.4 is 5.32 Å². The summed E-state index contributed by atoms with van der Waals surface area (Å²) in [6.07, 6.45) is -2.35. The van der Waals surface area contributed by atoms with Crippen molar-refractivity contribution in [2.24, 2.45) is 0 Å². The SMILES string of the molecule is CCOC(=O)C1=C(C)N(Cc2cccc(C(=O)NCCc3ccccn3)c2)C(=O)CC1c1ccc(C(F)(F)F)cc1. The van der Waals surface area contributed by atoms with E-state index in [4.69, 9.17) is 4.74 Å². The van der Waals surface area contributed by atoms with Gasteiger partial charge in [-0.05, 0) is 61.4 Å². The van der Waals surface area contributed by atoms with Gasteiger partial charge in [-0.15, -0.1) is 0 Å². The fourth-order valence-corrected chi connectivity index (χ4v) is 4.81. The third-order valence-corrected chi connectivity index (χ3v) is 6.88. The van der Waals surface area contributed by atoms with E-state index in [1.165, 1.54) is 17.0 Å². The summed E-state index contributed by atoms with van der Waals surface area (Å²) in [5, 5.41) is 2.87. The molecule has 0 bridgehead atoms. The molecular weight excluding hydrogens is 535 g/mol. The van der Waals surface area contributed by atoms with E-state index in [2.05, 4.69) is 10.3 Å². The number of carbonyl (C=O) groups excluding carboxylic acids is 3. The summed E-state index contributed by atoms with van der Waals surface area (Å²) in [5.74, 6) is -1.95. The molecule has 2 amide bonds. The van der Waals surface area contributed by atoms with E-state index in [-0.39, 0.29) is 37.0 Å². The lowest BCUT2D eigenvalue weighted by Crippen LogP contribution is -2.38. The molecule has 0 aliphatic carbocycles. The molecule has 0 saturated carbocycles. The number of amides is 2. The molecule has 0 radical (unpaired) electrons. The average Bonchev–Trinajstić information content (AvgIpc) is 2.95. The van der Waals surface area contributed by atoms with Gasteiger partial charge >= 0.3 is 12.1 Å². The predicted molar refractivity (Wildman–Crippen MR) is 145 cm³/mol. The maximum absolute atomic E-state index is 13.3. The van der Waals surface area contributed by atoms with Crippen molar-refractivity contribution in [1.82, 2.24) is 15.2 Å². The van der Waals surface area contributed by atoms with Crippen molar-refractivity contribution in [1.29, 1.82) is 0 Å². The van der Waals surface area contributed by atoms with E-state index < -0.39 is 23.6 Å². The summed E-state index contributed by atoms with van der Waals surface area (Å²) in [5.41, 5.74) is 2.12. The third kappa shape index (κ3) is 7.19. The van der Waals surface area contributed by atoms with Crippen LogP contribution in [-0.4, -0.2) is 40.8 Å². The fourth-order valence-electron chi connectivity index (χ4n) is 4.81. The Labute approximate surface area is 236 Å². The summed E-state index contributed by atoms with van der Waals surface area (Å²) in [7, 11) is 0. The van der Waals surface area contributed by atoms with Gasteiger partial charge in [-0.2, -0.15) is 13.2 Å². The van der Waals surface area contributed by atoms with Gasteiger partial charge in [0.25, 0.3) is 5.91 Å². The molecular formula is C31H30F3N3O4. The zero-order valence-electron chi connectivity index (χ0n) is 22.7. The molecule has 4 rings (SSSR count). The number of nitrogens with zero attached hydrogens (tertiary/aromatic N) is 2. The maximum atomic E-state index is 13.3. The molecule has 1 N–H and O–H groups in total. The van der Waals surface area contributed by atoms with Crippen molar-refractivity contribution in [3.8, 4) is 0 Å². The Kier molecular flexibility index (Phi) is 9.21. The topological polar surface area (TPSA) is 88.6 Å². The first-order chi connectivity index (χ1) is 19.6. The summed E-state index contributed by atoms with van der Waals surface area (Å²) in [6.45, 7) is 3.87. The van der Waals surface area contributed by atoms with Crippen LogP contribution in [0.25, 0.3) is 0 Å². The molecule has 1 atom stereocenters. The molecule has 0 fully saturated rings. The van der Waals surface area contributed by atoms with Crippen LogP contribution in [0.1, 0.15) is 58.9 Å². The van der Waals surface area contributed by atoms with Gasteiger partial charge in [0, 0.05) is 48.5 Å². The molecule has 0 saturated heterocycles. The summed E-state index contributed by atoms with van der Waals surface area (Å²) in [6, 6.07) is 16.9. The average molecular weight is 566 g/mol. The van der Waals surface area contributed by atoms with Gasteiger partial charge in [-0.3, -0.25) is 14.6 Å². The Morgan fingerprint density at radius 1 is 1.07 bits per heavy atom. The quantitative estimate of drug-likeness (QED) is 0.350. The van der Waals surface area contributed by atoms with Crippen LogP contribution in [-0.2, 0) is 33.5 Å². The Morgan fingerprint density at radius 2 is 1.83 bits per heavy atom. The Bertz CT molecular complexity index is 1440. The molecule has 7 nitrogen and oxygen atoms in total. The minimum atomic E-state index is -4.50. The first-order valence-electron chi connectivity index (χ1n) is 13.2. The van der Waals surface area contributed by atoms with E-state index in [9.17, 15) is 27.6 Å². The van der Waals surface area contributed by atoms with Gasteiger partial charge in [0.1, 0.15) is 0 Å². The molecule has 1 unspecified atom stereocenters. The fraction of sp³-hybridized carbons (Fsp3) is 0.290. The van der Waals surface area contributed by atoms with E-state index in [0.29, 0.717) is 35.4 Å². The highest BCUT2D eigenvalue weighted by atomic mass is 19.4. The molecule has 2 heterocycles. The number of halogens is 3. The van der Waals surface area contributed by atoms with Crippen molar-refractivity contribution in [3.63, 3.8) is 0 Å². The Hall–Kier alpha value is -4.47. The van der Waals surface area contributed by atoms with Crippen LogP contribution in [0, 0.1) is 0 Å². The number of hydrogen-bond donors (Lipinski definition) is 1. The summed E-state index contributed by atoms with van der Waals surface area (Å²) in [4.78, 5) is 44.8. The highest BCUT2D eigenvalue weighted by molar-refractivity contribution is 5.96. The lowest BCUT2D eigenvalue weighted by Gasteiger charge is -2.34. The number of aromatic nitrogens is 1. The monoisotopic (exact) mass is 565 g/mol. The summed E-state index contributed by atoms with van der Waals surface area (Å²) >= 11 is 0. The maximum Gasteiger partial charge on any atom is 0.416 e. The van der Waals surface area contributed by atoms with Gasteiger partial charge in [0.2, 0.25) is 5.91 Å². The standard InChI is InChI=1S/C31H30F3N3O4/c1-3-41-30(40)28-20(2)37(27(38)18-26(28)22-10-12-24(13-11-22)31(32,33)34)19-21-7-6-8-23(17-21)29(39)36-16-14-25-9-4-5-15-35-25/h4-13,15,17,26H,3,14,16,18-19H2,1-2H3,(H,36,39). The number of benzene rings is 2. The second-order valence-corrected chi connectivity index (χ2v) is 9.60. The van der Waals surface area contributed by atoms with Gasteiger partial charge < -0.3 is 15.0 Å². The van der Waals surface area contributed by atoms with Gasteiger partial charge in [0.05, 0.1) is 24.3 Å². The molecule has 1 aliphatic heterocycles. The molecule has 214 valence electrons. The number of carbonyl (C=O) groups is 3. The number of allylic oxidation sites excluding steroid dienone is 1. The van der Waals surface area contributed by atoms with Crippen molar-refractivity contribution >= 4 is 17.8 Å². The molecule has 0 spiro atoms.